The van der Waals surface area contributed by atoms with Crippen LogP contribution in [0.5, 0.6) is 0 Å². The molecule has 0 aliphatic carbocycles. The van der Waals surface area contributed by atoms with Crippen molar-refractivity contribution >= 4 is 54.4 Å². The molecule has 224 valence electrons. The van der Waals surface area contributed by atoms with Crippen molar-refractivity contribution in [1.82, 2.24) is 9.13 Å². The van der Waals surface area contributed by atoms with Gasteiger partial charge in [0, 0.05) is 32.9 Å². The van der Waals surface area contributed by atoms with E-state index in [2.05, 4.69) is 191 Å². The predicted octanol–water partition coefficient (Wildman–Crippen LogP) is 12.4. The highest BCUT2D eigenvalue weighted by Gasteiger charge is 2.21. The molecule has 0 bridgehead atoms. The van der Waals surface area contributed by atoms with E-state index in [0.717, 1.165) is 11.4 Å². The van der Waals surface area contributed by atoms with Crippen LogP contribution in [0.4, 0.5) is 0 Å². The first-order valence-electron chi connectivity index (χ1n) is 16.5. The van der Waals surface area contributed by atoms with Gasteiger partial charge in [0.25, 0.3) is 0 Å². The number of para-hydroxylation sites is 2. The second kappa shape index (κ2) is 10.6. The Bertz CT molecular complexity index is 2800. The largest absolute Gasteiger partial charge is 0.309 e. The lowest BCUT2D eigenvalue weighted by molar-refractivity contribution is 1.17. The lowest BCUT2D eigenvalue weighted by atomic mass is 10.00. The van der Waals surface area contributed by atoms with Gasteiger partial charge in [0.2, 0.25) is 0 Å². The molecule has 2 heterocycles. The Kier molecular flexibility index (Phi) is 5.91. The molecule has 0 amide bonds. The summed E-state index contributed by atoms with van der Waals surface area (Å²) in [6.07, 6.45) is 0. The molecule has 0 aliphatic rings. The molecule has 0 N–H and O–H groups in total. The van der Waals surface area contributed by atoms with E-state index in [-0.39, 0.29) is 0 Å². The lowest BCUT2D eigenvalue weighted by Gasteiger charge is -2.12. The number of hydrogen-bond acceptors (Lipinski definition) is 0. The number of aromatic nitrogens is 2. The van der Waals surface area contributed by atoms with E-state index in [4.69, 9.17) is 0 Å². The van der Waals surface area contributed by atoms with Crippen molar-refractivity contribution in [2.24, 2.45) is 0 Å². The van der Waals surface area contributed by atoms with Crippen molar-refractivity contribution in [3.8, 4) is 33.6 Å². The zero-order valence-electron chi connectivity index (χ0n) is 26.2. The number of fused-ring (bicyclic) bond motifs is 8. The normalized spacial score (nSPS) is 11.8. The summed E-state index contributed by atoms with van der Waals surface area (Å²) in [5.41, 5.74) is 12.0. The van der Waals surface area contributed by atoms with E-state index < -0.39 is 0 Å². The third-order valence-corrected chi connectivity index (χ3v) is 9.87. The van der Waals surface area contributed by atoms with Crippen LogP contribution in [0.15, 0.2) is 182 Å². The monoisotopic (exact) mass is 610 g/mol. The molecule has 0 aliphatic heterocycles. The third kappa shape index (κ3) is 4.06. The Morgan fingerprint density at radius 3 is 1.69 bits per heavy atom. The maximum atomic E-state index is 2.48. The van der Waals surface area contributed by atoms with Gasteiger partial charge in [-0.2, -0.15) is 0 Å². The topological polar surface area (TPSA) is 9.86 Å². The van der Waals surface area contributed by atoms with E-state index in [0.29, 0.717) is 0 Å². The third-order valence-electron chi connectivity index (χ3n) is 9.87. The average molecular weight is 611 g/mol. The van der Waals surface area contributed by atoms with Gasteiger partial charge in [0.1, 0.15) is 0 Å². The molecule has 48 heavy (non-hydrogen) atoms. The summed E-state index contributed by atoms with van der Waals surface area (Å²) in [6.45, 7) is 0. The Morgan fingerprint density at radius 1 is 0.292 bits per heavy atom. The molecule has 2 heteroatoms. The van der Waals surface area contributed by atoms with Gasteiger partial charge in [-0.25, -0.2) is 0 Å². The van der Waals surface area contributed by atoms with Gasteiger partial charge in [0.15, 0.2) is 0 Å². The molecule has 10 rings (SSSR count). The van der Waals surface area contributed by atoms with Gasteiger partial charge in [-0.15, -0.1) is 0 Å². The van der Waals surface area contributed by atoms with E-state index >= 15 is 0 Å². The van der Waals surface area contributed by atoms with Gasteiger partial charge in [0.05, 0.1) is 22.1 Å². The minimum absolute atomic E-state index is 1.15. The SMILES string of the molecule is c1ccc(-c2ccc(-c3cccc(-n4c5ccccc5c5ccc6c(c7cc8ccccc8cc7n6-c6ccccc6)c54)c3)cc2)cc1. The molecule has 0 unspecified atom stereocenters. The second-order valence-corrected chi connectivity index (χ2v) is 12.6. The smallest absolute Gasteiger partial charge is 0.0641 e. The first kappa shape index (κ1) is 26.8. The van der Waals surface area contributed by atoms with E-state index in [1.54, 1.807) is 0 Å². The van der Waals surface area contributed by atoms with Gasteiger partial charge in [-0.1, -0.05) is 133 Å². The lowest BCUT2D eigenvalue weighted by Crippen LogP contribution is -1.96. The highest BCUT2D eigenvalue weighted by atomic mass is 15.0. The molecule has 2 aromatic heterocycles. The molecule has 0 atom stereocenters. The number of nitrogens with zero attached hydrogens (tertiary/aromatic N) is 2. The fourth-order valence-corrected chi connectivity index (χ4v) is 7.68. The highest BCUT2D eigenvalue weighted by molar-refractivity contribution is 6.27. The van der Waals surface area contributed by atoms with Crippen molar-refractivity contribution in [2.45, 2.75) is 0 Å². The Labute approximate surface area is 278 Å². The van der Waals surface area contributed by atoms with Crippen LogP contribution >= 0.6 is 0 Å². The Balaban J connectivity index is 1.27. The molecular weight excluding hydrogens is 581 g/mol. The second-order valence-electron chi connectivity index (χ2n) is 12.6. The Morgan fingerprint density at radius 2 is 0.896 bits per heavy atom. The van der Waals surface area contributed by atoms with Crippen molar-refractivity contribution in [3.63, 3.8) is 0 Å². The van der Waals surface area contributed by atoms with Gasteiger partial charge >= 0.3 is 0 Å². The minimum atomic E-state index is 1.15. The maximum absolute atomic E-state index is 2.48. The number of benzene rings is 8. The first-order valence-corrected chi connectivity index (χ1v) is 16.5. The van der Waals surface area contributed by atoms with Crippen LogP contribution in [0.3, 0.4) is 0 Å². The summed E-state index contributed by atoms with van der Waals surface area (Å²) in [5, 5.41) is 7.54. The van der Waals surface area contributed by atoms with Crippen LogP contribution in [0, 0.1) is 0 Å². The molecule has 0 saturated heterocycles. The van der Waals surface area contributed by atoms with Gasteiger partial charge in [-0.05, 0) is 81.6 Å². The molecule has 0 radical (unpaired) electrons. The summed E-state index contributed by atoms with van der Waals surface area (Å²) in [4.78, 5) is 0. The van der Waals surface area contributed by atoms with Crippen LogP contribution in [0.1, 0.15) is 0 Å². The van der Waals surface area contributed by atoms with Crippen LogP contribution < -0.4 is 0 Å². The quantitative estimate of drug-likeness (QED) is 0.188. The fraction of sp³-hybridized carbons (Fsp3) is 0. The molecule has 0 fully saturated rings. The van der Waals surface area contributed by atoms with Crippen LogP contribution in [0.25, 0.3) is 88.0 Å². The summed E-state index contributed by atoms with van der Waals surface area (Å²) in [6, 6.07) is 66.2. The summed E-state index contributed by atoms with van der Waals surface area (Å²) >= 11 is 0. The van der Waals surface area contributed by atoms with Gasteiger partial charge < -0.3 is 9.13 Å². The van der Waals surface area contributed by atoms with Gasteiger partial charge in [-0.3, -0.25) is 0 Å². The van der Waals surface area contributed by atoms with Crippen LogP contribution in [0.2, 0.25) is 0 Å². The van der Waals surface area contributed by atoms with Crippen molar-refractivity contribution in [1.29, 1.82) is 0 Å². The number of hydrogen-bond donors (Lipinski definition) is 0. The summed E-state index contributed by atoms with van der Waals surface area (Å²) in [7, 11) is 0. The van der Waals surface area contributed by atoms with Crippen LogP contribution in [-0.4, -0.2) is 9.13 Å². The first-order chi connectivity index (χ1) is 23.8. The van der Waals surface area contributed by atoms with E-state index in [9.17, 15) is 0 Å². The van der Waals surface area contributed by atoms with E-state index in [1.807, 2.05) is 0 Å². The average Bonchev–Trinajstić information content (AvgIpc) is 3.67. The molecule has 0 spiro atoms. The highest BCUT2D eigenvalue weighted by Crippen LogP contribution is 2.43. The maximum Gasteiger partial charge on any atom is 0.0641 e. The molecule has 2 nitrogen and oxygen atoms in total. The molecule has 10 aromatic rings. The van der Waals surface area contributed by atoms with Crippen molar-refractivity contribution in [2.75, 3.05) is 0 Å². The summed E-state index contributed by atoms with van der Waals surface area (Å²) < 4.78 is 4.92. The predicted molar refractivity (Wildman–Crippen MR) is 203 cm³/mol. The van der Waals surface area contributed by atoms with Crippen molar-refractivity contribution in [3.05, 3.63) is 182 Å². The summed E-state index contributed by atoms with van der Waals surface area (Å²) in [5.74, 6) is 0. The molecule has 0 saturated carbocycles. The fourth-order valence-electron chi connectivity index (χ4n) is 7.68. The number of rotatable bonds is 4. The van der Waals surface area contributed by atoms with Crippen molar-refractivity contribution < 1.29 is 0 Å². The zero-order valence-corrected chi connectivity index (χ0v) is 26.2. The molecular formula is C46H30N2. The van der Waals surface area contributed by atoms with E-state index in [1.165, 1.54) is 76.6 Å². The molecule has 8 aromatic carbocycles. The minimum Gasteiger partial charge on any atom is -0.309 e. The standard InChI is InChI=1S/C46H30N2/c1-3-12-31(13-4-1)32-22-24-33(25-23-32)34-16-11-19-38(28-34)48-42-21-10-9-20-39(42)40-26-27-43-45(46(40)48)41-29-35-14-7-8-15-36(35)30-44(41)47(43)37-17-5-2-6-18-37/h1-30H. The van der Waals surface area contributed by atoms with Crippen LogP contribution in [-0.2, 0) is 0 Å². The zero-order chi connectivity index (χ0) is 31.6. The Hall–Kier alpha value is -6.38.